The summed E-state index contributed by atoms with van der Waals surface area (Å²) in [5, 5.41) is 3.69. The number of nitrogens with one attached hydrogen (secondary N) is 1. The van der Waals surface area contributed by atoms with Crippen molar-refractivity contribution in [2.24, 2.45) is 0 Å². The van der Waals surface area contributed by atoms with Crippen LogP contribution in [0.5, 0.6) is 0 Å². The summed E-state index contributed by atoms with van der Waals surface area (Å²) in [6.45, 7) is 4.25. The molecule has 0 bridgehead atoms. The van der Waals surface area contributed by atoms with Crippen molar-refractivity contribution in [2.45, 2.75) is 0 Å². The van der Waals surface area contributed by atoms with Crippen molar-refractivity contribution in [1.29, 1.82) is 0 Å². The molecule has 0 amide bonds. The number of rotatable bonds is 3. The van der Waals surface area contributed by atoms with Crippen LogP contribution in [0.15, 0.2) is 30.9 Å². The Bertz CT molecular complexity index is 264. The van der Waals surface area contributed by atoms with Gasteiger partial charge in [-0.3, -0.25) is 0 Å². The highest BCUT2D eigenvalue weighted by atomic mass is 35.5. The second-order valence-corrected chi connectivity index (χ2v) is 2.78. The first kappa shape index (κ1) is 8.94. The van der Waals surface area contributed by atoms with E-state index in [2.05, 4.69) is 11.9 Å². The summed E-state index contributed by atoms with van der Waals surface area (Å²) in [4.78, 5) is 0. The largest absolute Gasteiger partial charge is 0.397 e. The number of nitrogen functional groups attached to an aromatic ring is 1. The normalized spacial score (nSPS) is 9.42. The van der Waals surface area contributed by atoms with Gasteiger partial charge in [0.05, 0.1) is 16.4 Å². The molecule has 0 spiro atoms. The maximum atomic E-state index is 5.89. The highest BCUT2D eigenvalue weighted by molar-refractivity contribution is 6.33. The lowest BCUT2D eigenvalue weighted by Crippen LogP contribution is -2.01. The molecule has 0 aliphatic carbocycles. The fourth-order valence-electron chi connectivity index (χ4n) is 0.902. The molecule has 1 aromatic carbocycles. The van der Waals surface area contributed by atoms with Crippen molar-refractivity contribution in [3.63, 3.8) is 0 Å². The molecular weight excluding hydrogens is 172 g/mol. The molecule has 64 valence electrons. The van der Waals surface area contributed by atoms with Crippen LogP contribution in [0.3, 0.4) is 0 Å². The van der Waals surface area contributed by atoms with Crippen molar-refractivity contribution in [3.05, 3.63) is 35.9 Å². The Morgan fingerprint density at radius 3 is 2.92 bits per heavy atom. The van der Waals surface area contributed by atoms with Gasteiger partial charge in [0, 0.05) is 6.54 Å². The average Bonchev–Trinajstić information content (AvgIpc) is 2.04. The number of nitrogens with two attached hydrogens (primary N) is 1. The maximum Gasteiger partial charge on any atom is 0.0765 e. The lowest BCUT2D eigenvalue weighted by Gasteiger charge is -2.08. The topological polar surface area (TPSA) is 38.0 Å². The summed E-state index contributed by atoms with van der Waals surface area (Å²) in [6.07, 6.45) is 1.75. The summed E-state index contributed by atoms with van der Waals surface area (Å²) >= 11 is 5.89. The summed E-state index contributed by atoms with van der Waals surface area (Å²) in [7, 11) is 0. The molecule has 2 nitrogen and oxygen atoms in total. The molecule has 0 saturated carbocycles. The first-order valence-electron chi connectivity index (χ1n) is 3.64. The quantitative estimate of drug-likeness (QED) is 0.557. The fourth-order valence-corrected chi connectivity index (χ4v) is 1.15. The van der Waals surface area contributed by atoms with E-state index < -0.39 is 0 Å². The lowest BCUT2D eigenvalue weighted by molar-refractivity contribution is 1.34. The van der Waals surface area contributed by atoms with E-state index in [9.17, 15) is 0 Å². The van der Waals surface area contributed by atoms with E-state index in [0.717, 1.165) is 5.69 Å². The number of hydrogen-bond donors (Lipinski definition) is 2. The number of benzene rings is 1. The first-order chi connectivity index (χ1) is 5.75. The molecule has 0 aliphatic rings. The Hall–Kier alpha value is -1.15. The molecule has 0 unspecified atom stereocenters. The van der Waals surface area contributed by atoms with Gasteiger partial charge in [0.2, 0.25) is 0 Å². The van der Waals surface area contributed by atoms with E-state index in [0.29, 0.717) is 17.3 Å². The molecule has 0 radical (unpaired) electrons. The zero-order chi connectivity index (χ0) is 8.97. The molecule has 3 heteroatoms. The van der Waals surface area contributed by atoms with Gasteiger partial charge in [0.15, 0.2) is 0 Å². The van der Waals surface area contributed by atoms with Crippen LogP contribution in [-0.4, -0.2) is 6.54 Å². The van der Waals surface area contributed by atoms with Gasteiger partial charge in [-0.25, -0.2) is 0 Å². The molecule has 3 N–H and O–H groups in total. The van der Waals surface area contributed by atoms with Gasteiger partial charge in [0.25, 0.3) is 0 Å². The van der Waals surface area contributed by atoms with Crippen LogP contribution in [0.25, 0.3) is 0 Å². The Morgan fingerprint density at radius 2 is 2.33 bits per heavy atom. The molecule has 0 saturated heterocycles. The van der Waals surface area contributed by atoms with Crippen molar-refractivity contribution >= 4 is 23.0 Å². The van der Waals surface area contributed by atoms with Gasteiger partial charge in [-0.15, -0.1) is 6.58 Å². The van der Waals surface area contributed by atoms with E-state index in [-0.39, 0.29) is 0 Å². The number of halogens is 1. The van der Waals surface area contributed by atoms with Crippen LogP contribution in [0.2, 0.25) is 5.02 Å². The molecule has 12 heavy (non-hydrogen) atoms. The third-order valence-electron chi connectivity index (χ3n) is 1.47. The summed E-state index contributed by atoms with van der Waals surface area (Å²) < 4.78 is 0. The average molecular weight is 183 g/mol. The Kier molecular flexibility index (Phi) is 3.00. The van der Waals surface area contributed by atoms with Gasteiger partial charge in [-0.2, -0.15) is 0 Å². The predicted octanol–water partition coefficient (Wildman–Crippen LogP) is 2.52. The maximum absolute atomic E-state index is 5.89. The SMILES string of the molecule is C=CCNc1c(N)cccc1Cl. The van der Waals surface area contributed by atoms with Gasteiger partial charge < -0.3 is 11.1 Å². The zero-order valence-corrected chi connectivity index (χ0v) is 7.43. The molecule has 0 aliphatic heterocycles. The summed E-state index contributed by atoms with van der Waals surface area (Å²) in [5.74, 6) is 0. The minimum atomic E-state index is 0.636. The Morgan fingerprint density at radius 1 is 1.58 bits per heavy atom. The van der Waals surface area contributed by atoms with Crippen molar-refractivity contribution in [2.75, 3.05) is 17.6 Å². The molecule has 1 aromatic rings. The Balaban J connectivity index is 2.88. The van der Waals surface area contributed by atoms with Gasteiger partial charge in [-0.1, -0.05) is 23.7 Å². The minimum absolute atomic E-state index is 0.636. The highest BCUT2D eigenvalue weighted by Crippen LogP contribution is 2.27. The van der Waals surface area contributed by atoms with Gasteiger partial charge >= 0.3 is 0 Å². The van der Waals surface area contributed by atoms with Crippen molar-refractivity contribution < 1.29 is 0 Å². The third kappa shape index (κ3) is 1.92. The van der Waals surface area contributed by atoms with Crippen molar-refractivity contribution in [3.8, 4) is 0 Å². The van der Waals surface area contributed by atoms with Crippen LogP contribution >= 0.6 is 11.6 Å². The van der Waals surface area contributed by atoms with E-state index in [1.54, 1.807) is 18.2 Å². The fraction of sp³-hybridized carbons (Fsp3) is 0.111. The molecule has 0 aromatic heterocycles. The van der Waals surface area contributed by atoms with Crippen LogP contribution in [0, 0.1) is 0 Å². The summed E-state index contributed by atoms with van der Waals surface area (Å²) in [6, 6.07) is 5.41. The monoisotopic (exact) mass is 182 g/mol. The predicted molar refractivity (Wildman–Crippen MR) is 54.6 cm³/mol. The zero-order valence-electron chi connectivity index (χ0n) is 6.68. The number of anilines is 2. The number of hydrogen-bond acceptors (Lipinski definition) is 2. The van der Waals surface area contributed by atoms with Crippen LogP contribution < -0.4 is 11.1 Å². The Labute approximate surface area is 77.0 Å². The van der Waals surface area contributed by atoms with Gasteiger partial charge in [0.1, 0.15) is 0 Å². The summed E-state index contributed by atoms with van der Waals surface area (Å²) in [5.41, 5.74) is 7.11. The van der Waals surface area contributed by atoms with E-state index in [1.807, 2.05) is 6.07 Å². The van der Waals surface area contributed by atoms with Crippen molar-refractivity contribution in [1.82, 2.24) is 0 Å². The van der Waals surface area contributed by atoms with E-state index in [1.165, 1.54) is 0 Å². The minimum Gasteiger partial charge on any atom is -0.397 e. The first-order valence-corrected chi connectivity index (χ1v) is 4.02. The van der Waals surface area contributed by atoms with Gasteiger partial charge in [-0.05, 0) is 12.1 Å². The standard InChI is InChI=1S/C9H11ClN2/c1-2-6-12-9-7(10)4-3-5-8(9)11/h2-5,12H,1,6,11H2. The highest BCUT2D eigenvalue weighted by Gasteiger charge is 2.00. The molecular formula is C9H11ClN2. The van der Waals surface area contributed by atoms with E-state index in [4.69, 9.17) is 17.3 Å². The van der Waals surface area contributed by atoms with Crippen LogP contribution in [0.1, 0.15) is 0 Å². The lowest BCUT2D eigenvalue weighted by atomic mass is 10.2. The molecule has 0 fully saturated rings. The second-order valence-electron chi connectivity index (χ2n) is 2.37. The molecule has 0 heterocycles. The van der Waals surface area contributed by atoms with Crippen LogP contribution in [-0.2, 0) is 0 Å². The van der Waals surface area contributed by atoms with Crippen LogP contribution in [0.4, 0.5) is 11.4 Å². The number of para-hydroxylation sites is 1. The van der Waals surface area contributed by atoms with E-state index >= 15 is 0 Å². The second kappa shape index (κ2) is 4.02. The molecule has 0 atom stereocenters. The third-order valence-corrected chi connectivity index (χ3v) is 1.78. The smallest absolute Gasteiger partial charge is 0.0765 e. The molecule has 1 rings (SSSR count).